The number of fused-ring (bicyclic) bond motifs is 1. The molecular weight excluding hydrogens is 400 g/mol. The van der Waals surface area contributed by atoms with Crippen molar-refractivity contribution in [1.29, 1.82) is 0 Å². The van der Waals surface area contributed by atoms with Gasteiger partial charge in [-0.05, 0) is 38.0 Å². The molecule has 1 saturated heterocycles. The number of aromatic nitrogens is 1. The van der Waals surface area contributed by atoms with Crippen molar-refractivity contribution in [3.8, 4) is 11.3 Å². The maximum Gasteiger partial charge on any atom is 0.249 e. The number of carbonyl (C=O) groups is 3. The number of anilines is 1. The molecule has 3 atom stereocenters. The average molecular weight is 417 g/mol. The molecule has 2 aliphatic rings. The van der Waals surface area contributed by atoms with Gasteiger partial charge in [0, 0.05) is 10.9 Å². The molecule has 1 aliphatic heterocycles. The zero-order valence-electron chi connectivity index (χ0n) is 15.4. The number of nitrogens with zero attached hydrogens (tertiary/aromatic N) is 2. The Kier molecular flexibility index (Phi) is 4.99. The lowest BCUT2D eigenvalue weighted by Crippen LogP contribution is -2.46. The van der Waals surface area contributed by atoms with Crippen molar-refractivity contribution < 1.29 is 23.2 Å². The Labute approximate surface area is 169 Å². The molecule has 9 heteroatoms. The summed E-state index contributed by atoms with van der Waals surface area (Å²) in [6.07, 6.45) is 4.78. The molecule has 150 valence electrons. The second-order valence-corrected chi connectivity index (χ2v) is 7.89. The Hall–Kier alpha value is -2.94. The number of carbonyl (C=O) groups excluding carboxylic acids is 3. The van der Waals surface area contributed by atoms with Crippen LogP contribution in [0.3, 0.4) is 0 Å². The maximum absolute atomic E-state index is 13.4. The largest absolute Gasteiger partial charge is 0.300 e. The lowest BCUT2D eigenvalue weighted by molar-refractivity contribution is -0.146. The van der Waals surface area contributed by atoms with Crippen molar-refractivity contribution in [2.45, 2.75) is 25.8 Å². The fraction of sp³-hybridized carbons (Fsp3) is 0.300. The third-order valence-corrected chi connectivity index (χ3v) is 6.02. The maximum atomic E-state index is 13.4. The number of imide groups is 1. The fourth-order valence-corrected chi connectivity index (χ4v) is 4.38. The molecule has 6 nitrogen and oxygen atoms in total. The fourth-order valence-electron chi connectivity index (χ4n) is 3.65. The van der Waals surface area contributed by atoms with E-state index in [1.54, 1.807) is 5.38 Å². The summed E-state index contributed by atoms with van der Waals surface area (Å²) >= 11 is 1.11. The lowest BCUT2D eigenvalue weighted by atomic mass is 9.85. The first-order valence-corrected chi connectivity index (χ1v) is 9.98. The minimum atomic E-state index is -0.989. The van der Waals surface area contributed by atoms with Gasteiger partial charge in [0.2, 0.25) is 17.7 Å². The molecule has 0 spiro atoms. The van der Waals surface area contributed by atoms with E-state index in [1.165, 1.54) is 13.0 Å². The van der Waals surface area contributed by atoms with Crippen LogP contribution in [0.4, 0.5) is 13.9 Å². The van der Waals surface area contributed by atoms with Gasteiger partial charge in [0.15, 0.2) is 16.8 Å². The van der Waals surface area contributed by atoms with Gasteiger partial charge in [0.05, 0.1) is 17.5 Å². The minimum absolute atomic E-state index is 0.236. The highest BCUT2D eigenvalue weighted by molar-refractivity contribution is 7.14. The molecule has 0 saturated carbocycles. The van der Waals surface area contributed by atoms with Crippen LogP contribution in [-0.4, -0.2) is 33.6 Å². The molecular formula is C20H17F2N3O3S. The number of benzene rings is 1. The van der Waals surface area contributed by atoms with E-state index in [-0.39, 0.29) is 16.9 Å². The van der Waals surface area contributed by atoms with Gasteiger partial charge in [-0.3, -0.25) is 19.3 Å². The Morgan fingerprint density at radius 3 is 2.45 bits per heavy atom. The highest BCUT2D eigenvalue weighted by Gasteiger charge is 2.50. The monoisotopic (exact) mass is 417 g/mol. The number of hydrogen-bond donors (Lipinski definition) is 1. The van der Waals surface area contributed by atoms with Crippen LogP contribution in [0.25, 0.3) is 11.3 Å². The second kappa shape index (κ2) is 7.47. The van der Waals surface area contributed by atoms with E-state index in [1.807, 2.05) is 12.2 Å². The van der Waals surface area contributed by atoms with E-state index in [9.17, 15) is 23.2 Å². The molecule has 1 fully saturated rings. The number of nitrogens with one attached hydrogen (secondary N) is 1. The summed E-state index contributed by atoms with van der Waals surface area (Å²) < 4.78 is 26.5. The smallest absolute Gasteiger partial charge is 0.249 e. The van der Waals surface area contributed by atoms with Crippen LogP contribution in [0.5, 0.6) is 0 Å². The second-order valence-electron chi connectivity index (χ2n) is 7.03. The van der Waals surface area contributed by atoms with Gasteiger partial charge >= 0.3 is 0 Å². The van der Waals surface area contributed by atoms with Gasteiger partial charge in [-0.1, -0.05) is 12.2 Å². The van der Waals surface area contributed by atoms with Gasteiger partial charge < -0.3 is 5.32 Å². The molecule has 1 N–H and O–H groups in total. The standard InChI is InChI=1S/C20H17F2N3O3S/c1-10(25-18(27)12-4-2-3-5-13(12)19(25)28)17(26)24-20-23-16(9-29-20)11-6-7-14(21)15(22)8-11/h2-3,6-10,12-13H,4-5H2,1H3,(H,23,24,26)/t10-,12-,13-/m0/s1. The molecule has 4 rings (SSSR count). The van der Waals surface area contributed by atoms with Gasteiger partial charge in [-0.2, -0.15) is 0 Å². The molecule has 0 radical (unpaired) electrons. The molecule has 1 aromatic carbocycles. The van der Waals surface area contributed by atoms with E-state index in [0.717, 1.165) is 28.4 Å². The highest BCUT2D eigenvalue weighted by Crippen LogP contribution is 2.36. The summed E-state index contributed by atoms with van der Waals surface area (Å²) in [5, 5.41) is 4.43. The van der Waals surface area contributed by atoms with Crippen LogP contribution in [0.15, 0.2) is 35.7 Å². The molecule has 29 heavy (non-hydrogen) atoms. The number of likely N-dealkylation sites (tertiary alicyclic amines) is 1. The van der Waals surface area contributed by atoms with E-state index in [4.69, 9.17) is 0 Å². The number of halogens is 2. The SMILES string of the molecule is C[C@@H](C(=O)Nc1nc(-c2ccc(F)c(F)c2)cs1)N1C(=O)[C@H]2CC=CC[C@@H]2C1=O. The number of allylic oxidation sites excluding steroid dienone is 2. The highest BCUT2D eigenvalue weighted by atomic mass is 32.1. The molecule has 1 aliphatic carbocycles. The van der Waals surface area contributed by atoms with Gasteiger partial charge in [-0.25, -0.2) is 13.8 Å². The van der Waals surface area contributed by atoms with E-state index < -0.39 is 35.4 Å². The van der Waals surface area contributed by atoms with Crippen molar-refractivity contribution >= 4 is 34.2 Å². The van der Waals surface area contributed by atoms with Crippen LogP contribution < -0.4 is 5.32 Å². The summed E-state index contributed by atoms with van der Waals surface area (Å²) in [6.45, 7) is 1.50. The van der Waals surface area contributed by atoms with Crippen LogP contribution in [-0.2, 0) is 14.4 Å². The van der Waals surface area contributed by atoms with E-state index in [0.29, 0.717) is 24.1 Å². The predicted octanol–water partition coefficient (Wildman–Crippen LogP) is 3.37. The third-order valence-electron chi connectivity index (χ3n) is 5.26. The number of hydrogen-bond acceptors (Lipinski definition) is 5. The van der Waals surface area contributed by atoms with Gasteiger partial charge in [0.1, 0.15) is 6.04 Å². The van der Waals surface area contributed by atoms with Crippen LogP contribution >= 0.6 is 11.3 Å². The van der Waals surface area contributed by atoms with Crippen LogP contribution in [0, 0.1) is 23.5 Å². The Morgan fingerprint density at radius 2 is 1.83 bits per heavy atom. The number of rotatable bonds is 4. The molecule has 3 amide bonds. The summed E-state index contributed by atoms with van der Waals surface area (Å²) in [4.78, 5) is 43.1. The van der Waals surface area contributed by atoms with Crippen LogP contribution in [0.1, 0.15) is 19.8 Å². The molecule has 2 aromatic rings. The summed E-state index contributed by atoms with van der Waals surface area (Å²) in [7, 11) is 0. The first kappa shape index (κ1) is 19.4. The van der Waals surface area contributed by atoms with E-state index >= 15 is 0 Å². The first-order chi connectivity index (χ1) is 13.9. The van der Waals surface area contributed by atoms with Gasteiger partial charge in [0.25, 0.3) is 0 Å². The Balaban J connectivity index is 1.47. The summed E-state index contributed by atoms with van der Waals surface area (Å²) in [6, 6.07) is 2.44. The quantitative estimate of drug-likeness (QED) is 0.611. The van der Waals surface area contributed by atoms with Crippen molar-refractivity contribution in [1.82, 2.24) is 9.88 Å². The van der Waals surface area contributed by atoms with Crippen molar-refractivity contribution in [3.63, 3.8) is 0 Å². The normalized spacial score (nSPS) is 22.0. The van der Waals surface area contributed by atoms with Crippen molar-refractivity contribution in [2.24, 2.45) is 11.8 Å². The minimum Gasteiger partial charge on any atom is -0.300 e. The third kappa shape index (κ3) is 3.46. The van der Waals surface area contributed by atoms with Gasteiger partial charge in [-0.15, -0.1) is 11.3 Å². The summed E-state index contributed by atoms with van der Waals surface area (Å²) in [5.41, 5.74) is 0.748. The number of thiazole rings is 1. The zero-order chi connectivity index (χ0) is 20.7. The first-order valence-electron chi connectivity index (χ1n) is 9.10. The predicted molar refractivity (Wildman–Crippen MR) is 103 cm³/mol. The topological polar surface area (TPSA) is 79.4 Å². The zero-order valence-corrected chi connectivity index (χ0v) is 16.2. The Morgan fingerprint density at radius 1 is 1.17 bits per heavy atom. The summed E-state index contributed by atoms with van der Waals surface area (Å²) in [5.74, 6) is -3.93. The van der Waals surface area contributed by atoms with Crippen molar-refractivity contribution in [3.05, 3.63) is 47.4 Å². The van der Waals surface area contributed by atoms with E-state index in [2.05, 4.69) is 10.3 Å². The lowest BCUT2D eigenvalue weighted by Gasteiger charge is -2.21. The number of amides is 3. The van der Waals surface area contributed by atoms with Crippen LogP contribution in [0.2, 0.25) is 0 Å². The van der Waals surface area contributed by atoms with Crippen molar-refractivity contribution in [2.75, 3.05) is 5.32 Å². The molecule has 2 heterocycles. The molecule has 0 unspecified atom stereocenters. The molecule has 1 aromatic heterocycles. The molecule has 0 bridgehead atoms. The average Bonchev–Trinajstić information content (AvgIpc) is 3.27. The Bertz CT molecular complexity index is 1010.